The Bertz CT molecular complexity index is 1200. The van der Waals surface area contributed by atoms with E-state index in [0.717, 1.165) is 73.7 Å². The van der Waals surface area contributed by atoms with E-state index in [1.165, 1.54) is 0 Å². The molecule has 2 unspecified atom stereocenters. The van der Waals surface area contributed by atoms with Crippen LogP contribution in [0.2, 0.25) is 0 Å². The monoisotopic (exact) mass is 476 g/mol. The van der Waals surface area contributed by atoms with E-state index in [9.17, 15) is 14.0 Å². The number of carbonyl (C=O) groups excluding carboxylic acids is 2. The van der Waals surface area contributed by atoms with Crippen molar-refractivity contribution in [3.05, 3.63) is 48.0 Å². The highest BCUT2D eigenvalue weighted by Crippen LogP contribution is 2.30. The molecular weight excluding hydrogens is 443 g/mol. The molecule has 2 aliphatic carbocycles. The first-order valence-corrected chi connectivity index (χ1v) is 12.8. The van der Waals surface area contributed by atoms with Gasteiger partial charge in [-0.3, -0.25) is 14.0 Å². The highest BCUT2D eigenvalue weighted by atomic mass is 19.1. The summed E-state index contributed by atoms with van der Waals surface area (Å²) in [6.07, 6.45) is 7.95. The van der Waals surface area contributed by atoms with Gasteiger partial charge in [0.2, 0.25) is 5.91 Å². The number of nitrogens with one attached hydrogen (secondary N) is 2. The fourth-order valence-electron chi connectivity index (χ4n) is 5.66. The lowest BCUT2D eigenvalue weighted by molar-refractivity contribution is -0.119. The number of nitrogens with zero attached hydrogens (tertiary/aromatic N) is 2. The molecule has 2 aliphatic rings. The third kappa shape index (κ3) is 4.95. The number of aromatic amines is 1. The summed E-state index contributed by atoms with van der Waals surface area (Å²) in [7, 11) is 1.79. The van der Waals surface area contributed by atoms with Gasteiger partial charge in [-0.05, 0) is 56.0 Å². The summed E-state index contributed by atoms with van der Waals surface area (Å²) < 4.78 is 13.5. The number of rotatable bonds is 6. The highest BCUT2D eigenvalue weighted by Gasteiger charge is 2.31. The molecule has 2 aromatic carbocycles. The number of aromatic nitrogens is 2. The van der Waals surface area contributed by atoms with Crippen LogP contribution in [0.4, 0.5) is 10.1 Å². The number of fused-ring (bicyclic) bond motifs is 1. The van der Waals surface area contributed by atoms with Gasteiger partial charge in [-0.1, -0.05) is 37.8 Å². The smallest absolute Gasteiger partial charge is 0.253 e. The summed E-state index contributed by atoms with van der Waals surface area (Å²) >= 11 is 0. The molecule has 6 nitrogen and oxygen atoms in total. The van der Waals surface area contributed by atoms with Gasteiger partial charge in [-0.15, -0.1) is 0 Å². The molecule has 35 heavy (non-hydrogen) atoms. The SMILES string of the molecule is CN(C(=O)c1ccc(-c2nc3cc(NC(=O)C4CCCC4)ccc3[nH]2)cc1)C1CCCCC1CF. The Balaban J connectivity index is 1.29. The molecule has 184 valence electrons. The Morgan fingerprint density at radius 1 is 1.03 bits per heavy atom. The van der Waals surface area contributed by atoms with Crippen molar-refractivity contribution < 1.29 is 14.0 Å². The number of hydrogen-bond donors (Lipinski definition) is 2. The van der Waals surface area contributed by atoms with E-state index >= 15 is 0 Å². The highest BCUT2D eigenvalue weighted by molar-refractivity contribution is 5.96. The third-order valence-corrected chi connectivity index (χ3v) is 7.77. The Morgan fingerprint density at radius 3 is 2.49 bits per heavy atom. The Kier molecular flexibility index (Phi) is 6.84. The fourth-order valence-corrected chi connectivity index (χ4v) is 5.66. The first-order chi connectivity index (χ1) is 17.0. The van der Waals surface area contributed by atoms with Crippen molar-refractivity contribution in [2.45, 2.75) is 57.4 Å². The van der Waals surface area contributed by atoms with E-state index in [0.29, 0.717) is 11.4 Å². The number of benzene rings is 2. The van der Waals surface area contributed by atoms with E-state index in [2.05, 4.69) is 10.3 Å². The topological polar surface area (TPSA) is 78.1 Å². The lowest BCUT2D eigenvalue weighted by atomic mass is 9.84. The van der Waals surface area contributed by atoms with Crippen molar-refractivity contribution in [1.82, 2.24) is 14.9 Å². The maximum atomic E-state index is 13.5. The summed E-state index contributed by atoms with van der Waals surface area (Å²) in [6.45, 7) is -0.376. The Hall–Kier alpha value is -3.22. The molecular formula is C28H33FN4O2. The van der Waals surface area contributed by atoms with Gasteiger partial charge in [-0.2, -0.15) is 0 Å². The fraction of sp³-hybridized carbons (Fsp3) is 0.464. The standard InChI is InChI=1S/C28H33FN4O2/c1-33(25-9-5-4-8-21(25)17-29)28(35)20-12-10-18(11-13-20)26-31-23-15-14-22(16-24(23)32-26)30-27(34)19-6-2-3-7-19/h10-16,19,21,25H,2-9,17H2,1H3,(H,30,34)(H,31,32). The second-order valence-corrected chi connectivity index (χ2v) is 10.0. The largest absolute Gasteiger partial charge is 0.338 e. The summed E-state index contributed by atoms with van der Waals surface area (Å²) in [5, 5.41) is 3.03. The zero-order valence-electron chi connectivity index (χ0n) is 20.2. The zero-order valence-corrected chi connectivity index (χ0v) is 20.2. The first-order valence-electron chi connectivity index (χ1n) is 12.8. The van der Waals surface area contributed by atoms with Crippen LogP contribution < -0.4 is 5.32 Å². The molecule has 2 N–H and O–H groups in total. The quantitative estimate of drug-likeness (QED) is 0.461. The van der Waals surface area contributed by atoms with Crippen LogP contribution in [0.5, 0.6) is 0 Å². The lowest BCUT2D eigenvalue weighted by Gasteiger charge is -2.36. The van der Waals surface area contributed by atoms with E-state index in [-0.39, 0.29) is 36.4 Å². The maximum absolute atomic E-state index is 13.5. The normalized spacial score (nSPS) is 20.7. The summed E-state index contributed by atoms with van der Waals surface area (Å²) in [6, 6.07) is 13.0. The molecule has 2 amide bonds. The molecule has 0 saturated heterocycles. The number of H-pyrrole nitrogens is 1. The average molecular weight is 477 g/mol. The Morgan fingerprint density at radius 2 is 1.74 bits per heavy atom. The number of imidazole rings is 1. The van der Waals surface area contributed by atoms with Crippen molar-refractivity contribution in [2.24, 2.45) is 11.8 Å². The van der Waals surface area contributed by atoms with Gasteiger partial charge in [-0.25, -0.2) is 4.98 Å². The number of halogens is 1. The number of hydrogen-bond acceptors (Lipinski definition) is 3. The van der Waals surface area contributed by atoms with Gasteiger partial charge in [0.1, 0.15) is 5.82 Å². The van der Waals surface area contributed by atoms with Gasteiger partial charge in [0.25, 0.3) is 5.91 Å². The van der Waals surface area contributed by atoms with E-state index in [1.807, 2.05) is 42.5 Å². The molecule has 0 radical (unpaired) electrons. The first kappa shape index (κ1) is 23.5. The molecule has 7 heteroatoms. The van der Waals surface area contributed by atoms with Crippen LogP contribution in [0, 0.1) is 11.8 Å². The van der Waals surface area contributed by atoms with Gasteiger partial charge in [0.05, 0.1) is 17.7 Å². The van der Waals surface area contributed by atoms with Crippen LogP contribution in [-0.4, -0.2) is 46.4 Å². The van der Waals surface area contributed by atoms with Crippen molar-refractivity contribution >= 4 is 28.5 Å². The third-order valence-electron chi connectivity index (χ3n) is 7.77. The lowest BCUT2D eigenvalue weighted by Crippen LogP contribution is -2.44. The van der Waals surface area contributed by atoms with Gasteiger partial charge < -0.3 is 15.2 Å². The zero-order chi connectivity index (χ0) is 24.4. The van der Waals surface area contributed by atoms with Gasteiger partial charge in [0.15, 0.2) is 0 Å². The molecule has 2 atom stereocenters. The second-order valence-electron chi connectivity index (χ2n) is 10.0. The molecule has 3 aromatic rings. The summed E-state index contributed by atoms with van der Waals surface area (Å²) in [5.41, 5.74) is 3.88. The molecule has 1 heterocycles. The number of amides is 2. The van der Waals surface area contributed by atoms with Crippen LogP contribution in [-0.2, 0) is 4.79 Å². The Labute approximate surface area is 205 Å². The number of anilines is 1. The van der Waals surface area contributed by atoms with Crippen LogP contribution >= 0.6 is 0 Å². The predicted molar refractivity (Wildman–Crippen MR) is 136 cm³/mol. The summed E-state index contributed by atoms with van der Waals surface area (Å²) in [5.74, 6) is 0.765. The van der Waals surface area contributed by atoms with Crippen LogP contribution in [0.1, 0.15) is 61.7 Å². The summed E-state index contributed by atoms with van der Waals surface area (Å²) in [4.78, 5) is 35.3. The van der Waals surface area contributed by atoms with E-state index in [4.69, 9.17) is 4.98 Å². The van der Waals surface area contributed by atoms with Crippen molar-refractivity contribution in [3.8, 4) is 11.4 Å². The molecule has 2 fully saturated rings. The van der Waals surface area contributed by atoms with Gasteiger partial charge in [0, 0.05) is 41.7 Å². The van der Waals surface area contributed by atoms with Gasteiger partial charge >= 0.3 is 0 Å². The van der Waals surface area contributed by atoms with Crippen LogP contribution in [0.15, 0.2) is 42.5 Å². The van der Waals surface area contributed by atoms with Crippen LogP contribution in [0.25, 0.3) is 22.4 Å². The minimum Gasteiger partial charge on any atom is -0.338 e. The average Bonchev–Trinajstić information content (AvgIpc) is 3.58. The molecule has 0 bridgehead atoms. The molecule has 0 aliphatic heterocycles. The van der Waals surface area contributed by atoms with E-state index in [1.54, 1.807) is 11.9 Å². The van der Waals surface area contributed by atoms with Crippen molar-refractivity contribution in [1.29, 1.82) is 0 Å². The number of alkyl halides is 1. The molecule has 5 rings (SSSR count). The second kappa shape index (κ2) is 10.2. The minimum atomic E-state index is -0.376. The van der Waals surface area contributed by atoms with Crippen molar-refractivity contribution in [3.63, 3.8) is 0 Å². The van der Waals surface area contributed by atoms with Crippen molar-refractivity contribution in [2.75, 3.05) is 19.0 Å². The number of carbonyl (C=O) groups is 2. The molecule has 0 spiro atoms. The molecule has 2 saturated carbocycles. The predicted octanol–water partition coefficient (Wildman–Crippen LogP) is 5.96. The van der Waals surface area contributed by atoms with E-state index < -0.39 is 0 Å². The molecule has 1 aromatic heterocycles. The van der Waals surface area contributed by atoms with Crippen LogP contribution in [0.3, 0.4) is 0 Å². The maximum Gasteiger partial charge on any atom is 0.253 e. The minimum absolute atomic E-state index is 0.0420.